The average molecular weight is 507 g/mol. The number of ether oxygens (including phenoxy) is 1. The molecule has 0 saturated carbocycles. The van der Waals surface area contributed by atoms with Gasteiger partial charge in [-0.25, -0.2) is 0 Å². The number of carbonyl (C=O) groups is 1. The second-order valence-corrected chi connectivity index (χ2v) is 8.87. The highest BCUT2D eigenvalue weighted by Gasteiger charge is 2.31. The number of piperidine rings is 1. The van der Waals surface area contributed by atoms with Gasteiger partial charge in [-0.15, -0.1) is 0 Å². The third-order valence-corrected chi connectivity index (χ3v) is 6.23. The summed E-state index contributed by atoms with van der Waals surface area (Å²) in [6, 6.07) is 9.35. The Labute approximate surface area is 206 Å². The molecule has 0 aliphatic carbocycles. The number of alkyl halides is 3. The predicted octanol–water partition coefficient (Wildman–Crippen LogP) is 5.88. The highest BCUT2D eigenvalue weighted by molar-refractivity contribution is 6.33. The summed E-state index contributed by atoms with van der Waals surface area (Å²) in [4.78, 5) is 15.1. The van der Waals surface area contributed by atoms with Gasteiger partial charge in [0.2, 0.25) is 0 Å². The number of rotatable bonds is 7. The molecule has 0 bridgehead atoms. The minimum atomic E-state index is -4.53. The van der Waals surface area contributed by atoms with Crippen molar-refractivity contribution in [3.05, 3.63) is 64.8 Å². The first kappa shape index (κ1) is 25.1. The lowest BCUT2D eigenvalue weighted by atomic mass is 10.1. The topological polar surface area (TPSA) is 59.4 Å². The van der Waals surface area contributed by atoms with E-state index < -0.39 is 17.6 Å². The van der Waals surface area contributed by atoms with E-state index in [1.54, 1.807) is 29.9 Å². The second kappa shape index (κ2) is 10.7. The van der Waals surface area contributed by atoms with Crippen molar-refractivity contribution < 1.29 is 22.7 Å². The Balaban J connectivity index is 1.56. The van der Waals surface area contributed by atoms with Crippen molar-refractivity contribution in [2.24, 2.45) is 7.05 Å². The van der Waals surface area contributed by atoms with Crippen LogP contribution in [0.3, 0.4) is 0 Å². The van der Waals surface area contributed by atoms with Gasteiger partial charge in [-0.2, -0.15) is 18.3 Å². The summed E-state index contributed by atoms with van der Waals surface area (Å²) in [7, 11) is 1.74. The van der Waals surface area contributed by atoms with Gasteiger partial charge in [-0.3, -0.25) is 14.4 Å². The zero-order chi connectivity index (χ0) is 25.0. The van der Waals surface area contributed by atoms with Crippen LogP contribution in [0.1, 0.15) is 35.2 Å². The van der Waals surface area contributed by atoms with Gasteiger partial charge in [-0.1, -0.05) is 24.1 Å². The molecule has 3 aromatic rings. The van der Waals surface area contributed by atoms with E-state index in [4.69, 9.17) is 16.3 Å². The minimum Gasteiger partial charge on any atom is -0.492 e. The average Bonchev–Trinajstić information content (AvgIpc) is 3.17. The molecule has 0 spiro atoms. The Morgan fingerprint density at radius 2 is 1.91 bits per heavy atom. The number of carbonyl (C=O) groups excluding carboxylic acids is 1. The third-order valence-electron chi connectivity index (χ3n) is 5.95. The Kier molecular flexibility index (Phi) is 7.66. The van der Waals surface area contributed by atoms with E-state index in [2.05, 4.69) is 15.3 Å². The van der Waals surface area contributed by atoms with E-state index in [9.17, 15) is 18.0 Å². The molecule has 0 atom stereocenters. The summed E-state index contributed by atoms with van der Waals surface area (Å²) in [5.74, 6) is -0.0819. The van der Waals surface area contributed by atoms with Crippen LogP contribution < -0.4 is 10.1 Å². The van der Waals surface area contributed by atoms with Crippen molar-refractivity contribution in [3.63, 3.8) is 0 Å². The summed E-state index contributed by atoms with van der Waals surface area (Å²) < 4.78 is 46.8. The standard InChI is InChI=1S/C25H26ClF3N4O2/c1-32-23(21(26)16-30-32)20-15-19(8-9-22(20)35-13-12-33-10-3-2-4-11-33)31-24(34)17-6-5-7-18(14-17)25(27,28)29/h5-9,14-16H,2-4,10-13H2,1H3,(H,31,34). The van der Waals surface area contributed by atoms with Gasteiger partial charge in [0.15, 0.2) is 0 Å². The van der Waals surface area contributed by atoms with Crippen molar-refractivity contribution >= 4 is 23.2 Å². The van der Waals surface area contributed by atoms with Gasteiger partial charge < -0.3 is 10.1 Å². The third kappa shape index (κ3) is 6.15. The molecule has 10 heteroatoms. The number of nitrogens with one attached hydrogen (secondary N) is 1. The number of aromatic nitrogens is 2. The predicted molar refractivity (Wildman–Crippen MR) is 129 cm³/mol. The zero-order valence-corrected chi connectivity index (χ0v) is 20.0. The Bertz CT molecular complexity index is 1170. The fourth-order valence-electron chi connectivity index (χ4n) is 4.14. The lowest BCUT2D eigenvalue weighted by molar-refractivity contribution is -0.137. The summed E-state index contributed by atoms with van der Waals surface area (Å²) in [5, 5.41) is 7.27. The lowest BCUT2D eigenvalue weighted by Crippen LogP contribution is -2.33. The largest absolute Gasteiger partial charge is 0.492 e. The quantitative estimate of drug-likeness (QED) is 0.435. The molecule has 1 amide bonds. The molecule has 1 aliphatic heterocycles. The van der Waals surface area contributed by atoms with Gasteiger partial charge >= 0.3 is 6.18 Å². The molecule has 0 unspecified atom stereocenters. The number of hydrogen-bond donors (Lipinski definition) is 1. The summed E-state index contributed by atoms with van der Waals surface area (Å²) in [6.07, 6.45) is 0.621. The first-order valence-corrected chi connectivity index (χ1v) is 11.8. The summed E-state index contributed by atoms with van der Waals surface area (Å²) in [5.41, 5.74) is 0.639. The van der Waals surface area contributed by atoms with Gasteiger partial charge in [0.1, 0.15) is 12.4 Å². The fourth-order valence-corrected chi connectivity index (χ4v) is 4.41. The van der Waals surface area contributed by atoms with E-state index in [0.29, 0.717) is 34.3 Å². The van der Waals surface area contributed by atoms with E-state index in [1.807, 2.05) is 0 Å². The van der Waals surface area contributed by atoms with Crippen molar-refractivity contribution in [3.8, 4) is 17.0 Å². The molecule has 2 aromatic carbocycles. The Hall–Kier alpha value is -3.04. The van der Waals surface area contributed by atoms with Crippen LogP contribution in [-0.2, 0) is 13.2 Å². The molecule has 1 aliphatic rings. The maximum atomic E-state index is 13.0. The van der Waals surface area contributed by atoms with E-state index in [1.165, 1.54) is 37.6 Å². The second-order valence-electron chi connectivity index (χ2n) is 8.46. The van der Waals surface area contributed by atoms with Gasteiger partial charge in [-0.05, 0) is 62.3 Å². The number of benzene rings is 2. The van der Waals surface area contributed by atoms with Crippen LogP contribution in [0, 0.1) is 0 Å². The van der Waals surface area contributed by atoms with Crippen LogP contribution in [-0.4, -0.2) is 46.8 Å². The normalized spacial score (nSPS) is 14.7. The van der Waals surface area contributed by atoms with Crippen molar-refractivity contribution in [2.45, 2.75) is 25.4 Å². The number of anilines is 1. The number of halogens is 4. The number of likely N-dealkylation sites (tertiary alicyclic amines) is 1. The lowest BCUT2D eigenvalue weighted by Gasteiger charge is -2.26. The van der Waals surface area contributed by atoms with Crippen molar-refractivity contribution in [1.29, 1.82) is 0 Å². The molecule has 1 aromatic heterocycles. The Morgan fingerprint density at radius 3 is 2.60 bits per heavy atom. The number of nitrogens with zero attached hydrogens (tertiary/aromatic N) is 3. The first-order chi connectivity index (χ1) is 16.7. The van der Waals surface area contributed by atoms with Crippen LogP contribution in [0.2, 0.25) is 5.02 Å². The van der Waals surface area contributed by atoms with Crippen LogP contribution >= 0.6 is 11.6 Å². The first-order valence-electron chi connectivity index (χ1n) is 11.4. The number of amides is 1. The van der Waals surface area contributed by atoms with Crippen LogP contribution in [0.5, 0.6) is 5.75 Å². The smallest absolute Gasteiger partial charge is 0.416 e. The highest BCUT2D eigenvalue weighted by atomic mass is 35.5. The molecule has 0 radical (unpaired) electrons. The van der Waals surface area contributed by atoms with E-state index in [0.717, 1.165) is 31.8 Å². The summed E-state index contributed by atoms with van der Waals surface area (Å²) >= 11 is 6.38. The molecule has 4 rings (SSSR count). The number of hydrogen-bond acceptors (Lipinski definition) is 4. The van der Waals surface area contributed by atoms with E-state index >= 15 is 0 Å². The molecular formula is C25H26ClF3N4O2. The molecule has 2 heterocycles. The fraction of sp³-hybridized carbons (Fsp3) is 0.360. The molecular weight excluding hydrogens is 481 g/mol. The number of aryl methyl sites for hydroxylation is 1. The maximum Gasteiger partial charge on any atom is 0.416 e. The highest BCUT2D eigenvalue weighted by Crippen LogP contribution is 2.37. The van der Waals surface area contributed by atoms with Gasteiger partial charge in [0, 0.05) is 30.4 Å². The monoisotopic (exact) mass is 506 g/mol. The minimum absolute atomic E-state index is 0.0956. The van der Waals surface area contributed by atoms with E-state index in [-0.39, 0.29) is 5.56 Å². The molecule has 6 nitrogen and oxygen atoms in total. The van der Waals surface area contributed by atoms with Crippen LogP contribution in [0.25, 0.3) is 11.3 Å². The molecule has 35 heavy (non-hydrogen) atoms. The molecule has 1 N–H and O–H groups in total. The van der Waals surface area contributed by atoms with Gasteiger partial charge in [0.05, 0.1) is 22.5 Å². The zero-order valence-electron chi connectivity index (χ0n) is 19.2. The van der Waals surface area contributed by atoms with Crippen LogP contribution in [0.4, 0.5) is 18.9 Å². The molecule has 1 fully saturated rings. The van der Waals surface area contributed by atoms with Crippen LogP contribution in [0.15, 0.2) is 48.7 Å². The SMILES string of the molecule is Cn1ncc(Cl)c1-c1cc(NC(=O)c2cccc(C(F)(F)F)c2)ccc1OCCN1CCCCC1. The van der Waals surface area contributed by atoms with Gasteiger partial charge in [0.25, 0.3) is 5.91 Å². The van der Waals surface area contributed by atoms with Crippen molar-refractivity contribution in [1.82, 2.24) is 14.7 Å². The summed E-state index contributed by atoms with van der Waals surface area (Å²) in [6.45, 7) is 3.40. The molecule has 186 valence electrons. The Morgan fingerprint density at radius 1 is 1.14 bits per heavy atom. The van der Waals surface area contributed by atoms with Crippen molar-refractivity contribution in [2.75, 3.05) is 31.6 Å². The maximum absolute atomic E-state index is 13.0. The molecule has 1 saturated heterocycles.